The van der Waals surface area contributed by atoms with Gasteiger partial charge in [-0.3, -0.25) is 9.79 Å². The van der Waals surface area contributed by atoms with E-state index in [0.717, 1.165) is 16.5 Å². The van der Waals surface area contributed by atoms with Crippen LogP contribution in [0.25, 0.3) is 10.8 Å². The Morgan fingerprint density at radius 2 is 1.90 bits per heavy atom. The molecule has 7 nitrogen and oxygen atoms in total. The van der Waals surface area contributed by atoms with Crippen molar-refractivity contribution in [2.45, 2.75) is 29.9 Å². The number of hydrogen-bond donors (Lipinski definition) is 3. The van der Waals surface area contributed by atoms with Gasteiger partial charge in [0.25, 0.3) is 0 Å². The third-order valence-corrected chi connectivity index (χ3v) is 7.47. The van der Waals surface area contributed by atoms with Crippen LogP contribution in [0.2, 0.25) is 0 Å². The maximum Gasteiger partial charge on any atom is 0.227 e. The molecule has 2 aromatic rings. The Morgan fingerprint density at radius 3 is 2.73 bits per heavy atom. The van der Waals surface area contributed by atoms with Gasteiger partial charge in [-0.25, -0.2) is 0 Å². The Bertz CT molecular complexity index is 973. The highest BCUT2D eigenvalue weighted by Gasteiger charge is 2.51. The van der Waals surface area contributed by atoms with E-state index < -0.39 is 18.2 Å². The summed E-state index contributed by atoms with van der Waals surface area (Å²) < 4.78 is 5.36. The highest BCUT2D eigenvalue weighted by atomic mass is 32.2. The number of amidine groups is 1. The van der Waals surface area contributed by atoms with E-state index in [2.05, 4.69) is 22.4 Å². The summed E-state index contributed by atoms with van der Waals surface area (Å²) in [5.41, 5.74) is 0.934. The number of carbonyl (C=O) groups excluding carboxylic acids is 1. The van der Waals surface area contributed by atoms with Gasteiger partial charge in [-0.1, -0.05) is 48.2 Å². The maximum absolute atomic E-state index is 13.2. The summed E-state index contributed by atoms with van der Waals surface area (Å²) >= 11 is 1.49. The predicted octanol–water partition coefficient (Wildman–Crippen LogP) is 1.69. The lowest BCUT2D eigenvalue weighted by Gasteiger charge is -2.40. The summed E-state index contributed by atoms with van der Waals surface area (Å²) in [6.45, 7) is 2.21. The van der Waals surface area contributed by atoms with Crippen LogP contribution in [0.15, 0.2) is 47.5 Å². The van der Waals surface area contributed by atoms with Gasteiger partial charge in [0.1, 0.15) is 6.10 Å². The molecule has 3 aliphatic rings. The minimum absolute atomic E-state index is 0.0216. The lowest BCUT2D eigenvalue weighted by Crippen LogP contribution is -2.55. The number of nitrogens with zero attached hydrogens (tertiary/aromatic N) is 2. The van der Waals surface area contributed by atoms with Crippen molar-refractivity contribution >= 4 is 39.3 Å². The minimum atomic E-state index is -0.969. The number of aliphatic imine (C=N–C) groups is 1. The Balaban J connectivity index is 1.38. The Morgan fingerprint density at radius 1 is 1.13 bits per heavy atom. The standard InChI is InChI=1S/C22H25N3O4S/c26-17-12-15(21(28)25-8-10-29-11-9-25)20-18(19(17)27)24-22(30-20)23-16-7-3-5-13-4-1-2-6-14(13)16/h1-7,15,17-20,26-27H,8-12H2,(H,23,24)/t15-,17+,18+,19-,20+/m0/s1. The fourth-order valence-corrected chi connectivity index (χ4v) is 5.92. The molecule has 2 heterocycles. The second-order valence-corrected chi connectivity index (χ2v) is 9.16. The number of aliphatic hydroxyl groups is 2. The molecule has 1 saturated carbocycles. The maximum atomic E-state index is 13.2. The zero-order valence-electron chi connectivity index (χ0n) is 16.5. The van der Waals surface area contributed by atoms with Crippen molar-refractivity contribution in [1.82, 2.24) is 4.90 Å². The van der Waals surface area contributed by atoms with Gasteiger partial charge in [-0.15, -0.1) is 0 Å². The molecule has 2 aromatic carbocycles. The average Bonchev–Trinajstić information content (AvgIpc) is 3.21. The molecule has 8 heteroatoms. The van der Waals surface area contributed by atoms with E-state index in [-0.39, 0.29) is 23.5 Å². The van der Waals surface area contributed by atoms with Crippen LogP contribution in [-0.2, 0) is 9.53 Å². The first-order valence-corrected chi connectivity index (χ1v) is 11.2. The van der Waals surface area contributed by atoms with Crippen molar-refractivity contribution < 1.29 is 19.7 Å². The topological polar surface area (TPSA) is 94.4 Å². The summed E-state index contributed by atoms with van der Waals surface area (Å²) in [5, 5.41) is 27.1. The molecular formula is C22H25N3O4S. The third kappa shape index (κ3) is 3.58. The second kappa shape index (κ2) is 8.19. The Labute approximate surface area is 179 Å². The average molecular weight is 428 g/mol. The van der Waals surface area contributed by atoms with Crippen LogP contribution in [0.5, 0.6) is 0 Å². The zero-order valence-corrected chi connectivity index (χ0v) is 17.3. The van der Waals surface area contributed by atoms with Gasteiger partial charge >= 0.3 is 0 Å². The van der Waals surface area contributed by atoms with Crippen molar-refractivity contribution in [3.05, 3.63) is 42.5 Å². The summed E-state index contributed by atoms with van der Waals surface area (Å²) in [5.74, 6) is -0.361. The fraction of sp³-hybridized carbons (Fsp3) is 0.455. The van der Waals surface area contributed by atoms with Gasteiger partial charge in [0.05, 0.1) is 31.3 Å². The molecule has 5 atom stereocenters. The number of anilines is 1. The fourth-order valence-electron chi connectivity index (χ4n) is 4.56. The van der Waals surface area contributed by atoms with Crippen LogP contribution in [0.1, 0.15) is 6.42 Å². The monoisotopic (exact) mass is 427 g/mol. The number of carbonyl (C=O) groups is 1. The number of benzene rings is 2. The molecule has 5 rings (SSSR count). The largest absolute Gasteiger partial charge is 0.390 e. The molecule has 3 N–H and O–H groups in total. The molecule has 158 valence electrons. The van der Waals surface area contributed by atoms with Crippen molar-refractivity contribution in [3.8, 4) is 0 Å². The van der Waals surface area contributed by atoms with Crippen molar-refractivity contribution in [1.29, 1.82) is 0 Å². The highest BCUT2D eigenvalue weighted by Crippen LogP contribution is 2.42. The van der Waals surface area contributed by atoms with Gasteiger partial charge in [0, 0.05) is 29.4 Å². The number of fused-ring (bicyclic) bond motifs is 2. The number of nitrogens with one attached hydrogen (secondary N) is 1. The number of hydrogen-bond acceptors (Lipinski definition) is 7. The SMILES string of the molecule is O=C([C@H]1C[C@@H](O)[C@H](O)[C@H]2N=C(Nc3cccc4ccccc34)S[C@@H]21)N1CCOCC1. The molecule has 0 unspecified atom stereocenters. The molecule has 0 bridgehead atoms. The molecule has 30 heavy (non-hydrogen) atoms. The highest BCUT2D eigenvalue weighted by molar-refractivity contribution is 8.15. The Kier molecular flexibility index (Phi) is 5.41. The smallest absolute Gasteiger partial charge is 0.227 e. The number of aliphatic hydroxyl groups excluding tert-OH is 2. The van der Waals surface area contributed by atoms with Crippen LogP contribution >= 0.6 is 11.8 Å². The van der Waals surface area contributed by atoms with E-state index in [4.69, 9.17) is 4.74 Å². The summed E-state index contributed by atoms with van der Waals surface area (Å²) in [4.78, 5) is 19.7. The Hall–Kier alpha value is -2.13. The van der Waals surface area contributed by atoms with Crippen LogP contribution in [0.4, 0.5) is 5.69 Å². The van der Waals surface area contributed by atoms with E-state index in [1.165, 1.54) is 11.8 Å². The summed E-state index contributed by atoms with van der Waals surface area (Å²) in [6, 6.07) is 13.6. The van der Waals surface area contributed by atoms with E-state index in [1.807, 2.05) is 35.2 Å². The van der Waals surface area contributed by atoms with Crippen LogP contribution in [0, 0.1) is 5.92 Å². The zero-order chi connectivity index (χ0) is 20.7. The molecule has 1 saturated heterocycles. The first-order chi connectivity index (χ1) is 14.6. The molecule has 1 amide bonds. The number of ether oxygens (including phenoxy) is 1. The molecule has 0 spiro atoms. The minimum Gasteiger partial charge on any atom is -0.390 e. The van der Waals surface area contributed by atoms with Gasteiger partial charge < -0.3 is 25.2 Å². The third-order valence-electron chi connectivity index (χ3n) is 6.16. The predicted molar refractivity (Wildman–Crippen MR) is 118 cm³/mol. The summed E-state index contributed by atoms with van der Waals surface area (Å²) in [6.07, 6.45) is -1.67. The van der Waals surface area contributed by atoms with Gasteiger partial charge in [0.2, 0.25) is 5.91 Å². The summed E-state index contributed by atoms with van der Waals surface area (Å²) in [7, 11) is 0. The first kappa shape index (κ1) is 19.8. The lowest BCUT2D eigenvalue weighted by molar-refractivity contribution is -0.144. The van der Waals surface area contributed by atoms with Crippen LogP contribution in [-0.4, -0.2) is 76.0 Å². The molecule has 2 aliphatic heterocycles. The quantitative estimate of drug-likeness (QED) is 0.675. The number of rotatable bonds is 2. The normalized spacial score (nSPS) is 31.3. The molecular weight excluding hydrogens is 402 g/mol. The van der Waals surface area contributed by atoms with E-state index in [0.29, 0.717) is 31.5 Å². The molecule has 0 radical (unpaired) electrons. The van der Waals surface area contributed by atoms with Crippen LogP contribution in [0.3, 0.4) is 0 Å². The first-order valence-electron chi connectivity index (χ1n) is 10.3. The van der Waals surface area contributed by atoms with E-state index in [1.54, 1.807) is 0 Å². The number of morpholine rings is 1. The van der Waals surface area contributed by atoms with Gasteiger partial charge in [-0.05, 0) is 17.9 Å². The van der Waals surface area contributed by atoms with E-state index in [9.17, 15) is 15.0 Å². The van der Waals surface area contributed by atoms with Gasteiger partial charge in [0.15, 0.2) is 5.17 Å². The molecule has 0 aromatic heterocycles. The van der Waals surface area contributed by atoms with Gasteiger partial charge in [-0.2, -0.15) is 0 Å². The van der Waals surface area contributed by atoms with Crippen LogP contribution < -0.4 is 5.32 Å². The second-order valence-electron chi connectivity index (χ2n) is 8.00. The number of thioether (sulfide) groups is 1. The van der Waals surface area contributed by atoms with Crippen molar-refractivity contribution in [3.63, 3.8) is 0 Å². The van der Waals surface area contributed by atoms with Crippen molar-refractivity contribution in [2.75, 3.05) is 31.6 Å². The number of amides is 1. The molecule has 1 aliphatic carbocycles. The molecule has 2 fully saturated rings. The van der Waals surface area contributed by atoms with Crippen molar-refractivity contribution in [2.24, 2.45) is 10.9 Å². The van der Waals surface area contributed by atoms with E-state index >= 15 is 0 Å². The lowest BCUT2D eigenvalue weighted by atomic mass is 9.80.